The molecule has 0 bridgehead atoms. The van der Waals surface area contributed by atoms with Gasteiger partial charge in [-0.05, 0) is 37.6 Å². The number of benzene rings is 1. The summed E-state index contributed by atoms with van der Waals surface area (Å²) in [5, 5.41) is 11.2. The molecule has 3 aromatic rings. The molecule has 4 rings (SSSR count). The molecule has 158 valence electrons. The van der Waals surface area contributed by atoms with Crippen molar-refractivity contribution < 1.29 is 13.6 Å². The lowest BCUT2D eigenvalue weighted by Crippen LogP contribution is -2.50. The van der Waals surface area contributed by atoms with E-state index in [4.69, 9.17) is 11.6 Å². The van der Waals surface area contributed by atoms with Crippen LogP contribution >= 0.6 is 22.9 Å². The van der Waals surface area contributed by atoms with Crippen LogP contribution in [0.3, 0.4) is 0 Å². The van der Waals surface area contributed by atoms with Gasteiger partial charge in [0, 0.05) is 30.4 Å². The lowest BCUT2D eigenvalue weighted by molar-refractivity contribution is 0.0924. The Morgan fingerprint density at radius 1 is 1.37 bits per heavy atom. The van der Waals surface area contributed by atoms with Crippen LogP contribution in [0.15, 0.2) is 24.4 Å². The minimum absolute atomic E-state index is 0.127. The quantitative estimate of drug-likeness (QED) is 0.635. The van der Waals surface area contributed by atoms with Crippen molar-refractivity contribution in [1.82, 2.24) is 25.4 Å². The van der Waals surface area contributed by atoms with Crippen LogP contribution in [0.5, 0.6) is 0 Å². The first-order valence-corrected chi connectivity index (χ1v) is 10.7. The molecule has 10 heteroatoms. The zero-order valence-corrected chi connectivity index (χ0v) is 17.9. The Bertz CT molecular complexity index is 1080. The van der Waals surface area contributed by atoms with E-state index in [2.05, 4.69) is 20.7 Å². The van der Waals surface area contributed by atoms with E-state index in [0.29, 0.717) is 39.9 Å². The molecule has 2 N–H and O–H groups in total. The van der Waals surface area contributed by atoms with Crippen LogP contribution < -0.4 is 10.6 Å². The molecule has 1 aromatic carbocycles. The predicted octanol–water partition coefficient (Wildman–Crippen LogP) is 3.66. The van der Waals surface area contributed by atoms with Crippen molar-refractivity contribution in [2.75, 3.05) is 13.1 Å². The Kier molecular flexibility index (Phi) is 5.86. The maximum Gasteiger partial charge on any atom is 0.280 e. The summed E-state index contributed by atoms with van der Waals surface area (Å²) in [6, 6.07) is 3.63. The average Bonchev–Trinajstić information content (AvgIpc) is 3.26. The van der Waals surface area contributed by atoms with Gasteiger partial charge in [0.15, 0.2) is 16.6 Å². The van der Waals surface area contributed by atoms with Gasteiger partial charge in [-0.3, -0.25) is 9.48 Å². The fourth-order valence-electron chi connectivity index (χ4n) is 3.77. The standard InChI is InChI=1S/C20H20ClF2N5OS/c1-10-17(18-13(21)8-25-28(18)2)27-20(30-10)19(29)26-16-9-24-6-5-12(16)11-3-4-14(22)15(23)7-11/h3-4,7-8,12,16,24H,5-6,9H2,1-2H3,(H,26,29)/t12-,16+/m1/s1. The number of hydrogen-bond donors (Lipinski definition) is 2. The predicted molar refractivity (Wildman–Crippen MR) is 112 cm³/mol. The maximum atomic E-state index is 13.7. The highest BCUT2D eigenvalue weighted by Crippen LogP contribution is 2.32. The lowest BCUT2D eigenvalue weighted by Gasteiger charge is -2.33. The Balaban J connectivity index is 1.56. The van der Waals surface area contributed by atoms with Gasteiger partial charge in [-0.25, -0.2) is 13.8 Å². The minimum Gasteiger partial charge on any atom is -0.345 e. The molecule has 0 aliphatic carbocycles. The first-order valence-electron chi connectivity index (χ1n) is 9.47. The second kappa shape index (κ2) is 8.41. The van der Waals surface area contributed by atoms with Crippen LogP contribution in [0, 0.1) is 18.6 Å². The number of nitrogens with zero attached hydrogens (tertiary/aromatic N) is 3. The normalized spacial score (nSPS) is 19.1. The van der Waals surface area contributed by atoms with Crippen LogP contribution in [0.25, 0.3) is 11.4 Å². The number of aryl methyl sites for hydroxylation is 2. The third-order valence-electron chi connectivity index (χ3n) is 5.28. The van der Waals surface area contributed by atoms with E-state index in [9.17, 15) is 13.6 Å². The van der Waals surface area contributed by atoms with Crippen LogP contribution in [-0.4, -0.2) is 39.8 Å². The fourth-order valence-corrected chi connectivity index (χ4v) is 4.85. The second-order valence-corrected chi connectivity index (χ2v) is 8.85. The Morgan fingerprint density at radius 2 is 2.17 bits per heavy atom. The molecule has 0 saturated carbocycles. The number of thiazole rings is 1. The van der Waals surface area contributed by atoms with Crippen molar-refractivity contribution in [3.05, 3.63) is 56.5 Å². The molecule has 1 fully saturated rings. The number of carbonyl (C=O) groups is 1. The highest BCUT2D eigenvalue weighted by molar-refractivity contribution is 7.14. The van der Waals surface area contributed by atoms with E-state index in [1.165, 1.54) is 23.6 Å². The topological polar surface area (TPSA) is 71.8 Å². The number of piperidine rings is 1. The monoisotopic (exact) mass is 451 g/mol. The largest absolute Gasteiger partial charge is 0.345 e. The molecule has 0 radical (unpaired) electrons. The minimum atomic E-state index is -0.885. The smallest absolute Gasteiger partial charge is 0.280 e. The molecule has 0 unspecified atom stereocenters. The molecule has 0 spiro atoms. The van der Waals surface area contributed by atoms with E-state index in [-0.39, 0.29) is 17.9 Å². The van der Waals surface area contributed by atoms with Crippen LogP contribution in [-0.2, 0) is 7.05 Å². The van der Waals surface area contributed by atoms with Gasteiger partial charge in [-0.2, -0.15) is 5.10 Å². The number of aromatic nitrogens is 3. The van der Waals surface area contributed by atoms with Crippen molar-refractivity contribution >= 4 is 28.8 Å². The van der Waals surface area contributed by atoms with E-state index in [1.54, 1.807) is 17.8 Å². The molecule has 2 aromatic heterocycles. The highest BCUT2D eigenvalue weighted by atomic mass is 35.5. The molecule has 1 aliphatic rings. The summed E-state index contributed by atoms with van der Waals surface area (Å²) in [6.07, 6.45) is 2.23. The summed E-state index contributed by atoms with van der Waals surface area (Å²) in [5.74, 6) is -2.21. The molecule has 30 heavy (non-hydrogen) atoms. The summed E-state index contributed by atoms with van der Waals surface area (Å²) in [4.78, 5) is 18.3. The van der Waals surface area contributed by atoms with E-state index < -0.39 is 11.6 Å². The number of halogens is 3. The molecule has 1 saturated heterocycles. The van der Waals surface area contributed by atoms with Gasteiger partial charge in [0.1, 0.15) is 11.4 Å². The number of rotatable bonds is 4. The molecule has 1 amide bonds. The van der Waals surface area contributed by atoms with Gasteiger partial charge in [0.25, 0.3) is 5.91 Å². The van der Waals surface area contributed by atoms with Gasteiger partial charge in [0.05, 0.1) is 11.2 Å². The van der Waals surface area contributed by atoms with E-state index >= 15 is 0 Å². The van der Waals surface area contributed by atoms with Crippen LogP contribution in [0.2, 0.25) is 5.02 Å². The first kappa shape index (κ1) is 20.9. The third-order valence-corrected chi connectivity index (χ3v) is 6.53. The zero-order valence-electron chi connectivity index (χ0n) is 16.4. The Labute approximate surface area is 181 Å². The molecule has 1 aliphatic heterocycles. The Hall–Kier alpha value is -2.36. The molecular formula is C20H20ClF2N5OS. The summed E-state index contributed by atoms with van der Waals surface area (Å²) in [7, 11) is 1.76. The molecular weight excluding hydrogens is 432 g/mol. The highest BCUT2D eigenvalue weighted by Gasteiger charge is 2.30. The number of hydrogen-bond acceptors (Lipinski definition) is 5. The Morgan fingerprint density at radius 3 is 2.87 bits per heavy atom. The first-order chi connectivity index (χ1) is 14.3. The summed E-state index contributed by atoms with van der Waals surface area (Å²) < 4.78 is 28.7. The summed E-state index contributed by atoms with van der Waals surface area (Å²) >= 11 is 7.50. The van der Waals surface area contributed by atoms with Crippen LogP contribution in [0.1, 0.15) is 32.6 Å². The van der Waals surface area contributed by atoms with Gasteiger partial charge in [-0.1, -0.05) is 17.7 Å². The van der Waals surface area contributed by atoms with E-state index in [0.717, 1.165) is 17.5 Å². The number of nitrogens with one attached hydrogen (secondary N) is 2. The second-order valence-electron chi connectivity index (χ2n) is 7.24. The maximum absolute atomic E-state index is 13.7. The van der Waals surface area contributed by atoms with Crippen molar-refractivity contribution in [1.29, 1.82) is 0 Å². The van der Waals surface area contributed by atoms with Gasteiger partial charge in [0.2, 0.25) is 0 Å². The number of carbonyl (C=O) groups excluding carboxylic acids is 1. The fraction of sp³-hybridized carbons (Fsp3) is 0.350. The van der Waals surface area contributed by atoms with E-state index in [1.807, 2.05) is 6.92 Å². The molecule has 6 nitrogen and oxygen atoms in total. The molecule has 2 atom stereocenters. The third kappa shape index (κ3) is 3.97. The summed E-state index contributed by atoms with van der Waals surface area (Å²) in [5.41, 5.74) is 1.94. The zero-order chi connectivity index (χ0) is 21.4. The van der Waals surface area contributed by atoms with Gasteiger partial charge < -0.3 is 10.6 Å². The average molecular weight is 452 g/mol. The van der Waals surface area contributed by atoms with Gasteiger partial charge in [-0.15, -0.1) is 11.3 Å². The van der Waals surface area contributed by atoms with Gasteiger partial charge >= 0.3 is 0 Å². The SMILES string of the molecule is Cc1sc(C(=O)N[C@H]2CNCC[C@@H]2c2ccc(F)c(F)c2)nc1-c1c(Cl)cnn1C. The summed E-state index contributed by atoms with van der Waals surface area (Å²) in [6.45, 7) is 3.13. The van der Waals surface area contributed by atoms with Crippen molar-refractivity contribution in [2.45, 2.75) is 25.3 Å². The van der Waals surface area contributed by atoms with Crippen LogP contribution in [0.4, 0.5) is 8.78 Å². The molecule has 3 heterocycles. The van der Waals surface area contributed by atoms with Crippen molar-refractivity contribution in [2.24, 2.45) is 7.05 Å². The number of amides is 1. The van der Waals surface area contributed by atoms with Crippen molar-refractivity contribution in [3.8, 4) is 11.4 Å². The van der Waals surface area contributed by atoms with Crippen molar-refractivity contribution in [3.63, 3.8) is 0 Å². The lowest BCUT2D eigenvalue weighted by atomic mass is 9.86.